The number of rotatable bonds is 7. The number of Topliss-reactive ketones (excluding diaryl/α,β-unsaturated/α-hetero) is 1. The first-order valence-electron chi connectivity index (χ1n) is 11.2. The van der Waals surface area contributed by atoms with Crippen molar-refractivity contribution in [2.24, 2.45) is 0 Å². The maximum atomic E-state index is 13.2. The van der Waals surface area contributed by atoms with Crippen LogP contribution in [0.1, 0.15) is 56.2 Å². The van der Waals surface area contributed by atoms with Crippen LogP contribution in [0.2, 0.25) is 0 Å². The zero-order valence-electron chi connectivity index (χ0n) is 18.5. The minimum atomic E-state index is -0.700. The highest BCUT2D eigenvalue weighted by molar-refractivity contribution is 6.46. The molecular weight excluding hydrogens is 406 g/mol. The number of hydrogen-bond donors (Lipinski definition) is 1. The highest BCUT2D eigenvalue weighted by Gasteiger charge is 2.50. The van der Waals surface area contributed by atoms with Gasteiger partial charge in [-0.1, -0.05) is 50.1 Å². The number of likely N-dealkylation sites (tertiary alicyclic amines) is 1. The summed E-state index contributed by atoms with van der Waals surface area (Å²) in [6.45, 7) is 2.57. The molecule has 6 heteroatoms. The number of benzene rings is 2. The molecule has 4 rings (SSSR count). The fourth-order valence-electron chi connectivity index (χ4n) is 4.72. The van der Waals surface area contributed by atoms with E-state index in [1.165, 1.54) is 0 Å². The average molecular weight is 436 g/mol. The van der Waals surface area contributed by atoms with Gasteiger partial charge in [-0.2, -0.15) is 0 Å². The van der Waals surface area contributed by atoms with Gasteiger partial charge in [0.25, 0.3) is 11.7 Å². The van der Waals surface area contributed by atoms with Gasteiger partial charge in [0.2, 0.25) is 0 Å². The molecule has 1 unspecified atom stereocenters. The van der Waals surface area contributed by atoms with Crippen LogP contribution >= 0.6 is 0 Å². The third kappa shape index (κ3) is 3.97. The van der Waals surface area contributed by atoms with Crippen LogP contribution in [0.4, 0.5) is 0 Å². The number of carbonyl (C=O) groups excluding carboxylic acids is 2. The molecule has 32 heavy (non-hydrogen) atoms. The molecule has 168 valence electrons. The number of ether oxygens (including phenoxy) is 2. The van der Waals surface area contributed by atoms with Gasteiger partial charge >= 0.3 is 0 Å². The number of methoxy groups -OCH3 is 1. The SMILES string of the molecule is CCCOc1cccc(/C(O)=C2/C(=O)C(=O)N(C3CCCC3)C2c2ccccc2OC)c1. The Balaban J connectivity index is 1.86. The third-order valence-electron chi connectivity index (χ3n) is 6.21. The van der Waals surface area contributed by atoms with Gasteiger partial charge < -0.3 is 19.5 Å². The lowest BCUT2D eigenvalue weighted by Gasteiger charge is -2.31. The first-order valence-corrected chi connectivity index (χ1v) is 11.2. The van der Waals surface area contributed by atoms with Crippen LogP contribution in [0.25, 0.3) is 5.76 Å². The lowest BCUT2D eigenvalue weighted by atomic mass is 9.94. The Kier molecular flexibility index (Phi) is 6.49. The minimum Gasteiger partial charge on any atom is -0.507 e. The number of amides is 1. The molecule has 1 heterocycles. The van der Waals surface area contributed by atoms with E-state index in [4.69, 9.17) is 9.47 Å². The van der Waals surface area contributed by atoms with Crippen molar-refractivity contribution in [3.63, 3.8) is 0 Å². The quantitative estimate of drug-likeness (QED) is 0.382. The van der Waals surface area contributed by atoms with Gasteiger partial charge in [-0.15, -0.1) is 0 Å². The van der Waals surface area contributed by atoms with Gasteiger partial charge in [0.15, 0.2) is 0 Å². The van der Waals surface area contributed by atoms with E-state index in [1.54, 1.807) is 36.3 Å². The van der Waals surface area contributed by atoms with Crippen molar-refractivity contribution in [3.8, 4) is 11.5 Å². The van der Waals surface area contributed by atoms with E-state index in [9.17, 15) is 14.7 Å². The van der Waals surface area contributed by atoms with Crippen molar-refractivity contribution < 1.29 is 24.2 Å². The van der Waals surface area contributed by atoms with E-state index < -0.39 is 17.7 Å². The number of aliphatic hydroxyl groups excluding tert-OH is 1. The molecule has 1 aliphatic carbocycles. The van der Waals surface area contributed by atoms with E-state index in [0.717, 1.165) is 32.1 Å². The number of para-hydroxylation sites is 1. The van der Waals surface area contributed by atoms with Crippen molar-refractivity contribution >= 4 is 17.4 Å². The van der Waals surface area contributed by atoms with Crippen LogP contribution in [0.5, 0.6) is 11.5 Å². The molecule has 1 amide bonds. The molecule has 1 saturated heterocycles. The molecule has 2 aromatic rings. The predicted octanol–water partition coefficient (Wildman–Crippen LogP) is 4.85. The Morgan fingerprint density at radius 1 is 1.09 bits per heavy atom. The second kappa shape index (κ2) is 9.47. The van der Waals surface area contributed by atoms with Crippen LogP contribution in [-0.4, -0.2) is 41.5 Å². The summed E-state index contributed by atoms with van der Waals surface area (Å²) in [6, 6.07) is 13.6. The number of nitrogens with zero attached hydrogens (tertiary/aromatic N) is 1. The zero-order chi connectivity index (χ0) is 22.7. The molecule has 1 aliphatic heterocycles. The molecule has 6 nitrogen and oxygen atoms in total. The Morgan fingerprint density at radius 3 is 2.56 bits per heavy atom. The molecule has 2 fully saturated rings. The summed E-state index contributed by atoms with van der Waals surface area (Å²) in [6.07, 6.45) is 4.58. The minimum absolute atomic E-state index is 0.0362. The van der Waals surface area contributed by atoms with Gasteiger partial charge in [0, 0.05) is 17.2 Å². The second-order valence-electron chi connectivity index (χ2n) is 8.26. The van der Waals surface area contributed by atoms with Crippen molar-refractivity contribution in [1.29, 1.82) is 0 Å². The van der Waals surface area contributed by atoms with Crippen molar-refractivity contribution in [2.75, 3.05) is 13.7 Å². The molecule has 0 aromatic heterocycles. The van der Waals surface area contributed by atoms with E-state index in [-0.39, 0.29) is 17.4 Å². The Labute approximate surface area is 188 Å². The average Bonchev–Trinajstić information content (AvgIpc) is 3.44. The predicted molar refractivity (Wildman–Crippen MR) is 122 cm³/mol. The van der Waals surface area contributed by atoms with Gasteiger partial charge in [0.05, 0.1) is 25.3 Å². The summed E-state index contributed by atoms with van der Waals surface area (Å²) in [5, 5.41) is 11.3. The Hall–Kier alpha value is -3.28. The standard InChI is InChI=1S/C26H29NO5/c1-3-15-32-19-12-8-9-17(16-19)24(28)22-23(20-13-6-7-14-21(20)31-2)27(26(30)25(22)29)18-10-4-5-11-18/h6-9,12-14,16,18,23,28H,3-5,10-11,15H2,1-2H3/b24-22-. The lowest BCUT2D eigenvalue weighted by Crippen LogP contribution is -2.37. The van der Waals surface area contributed by atoms with Gasteiger partial charge in [0.1, 0.15) is 17.3 Å². The van der Waals surface area contributed by atoms with E-state index in [2.05, 4.69) is 0 Å². The Morgan fingerprint density at radius 2 is 1.84 bits per heavy atom. The summed E-state index contributed by atoms with van der Waals surface area (Å²) in [7, 11) is 1.56. The maximum Gasteiger partial charge on any atom is 0.295 e. The highest BCUT2D eigenvalue weighted by atomic mass is 16.5. The smallest absolute Gasteiger partial charge is 0.295 e. The zero-order valence-corrected chi connectivity index (χ0v) is 18.5. The maximum absolute atomic E-state index is 13.2. The molecule has 1 saturated carbocycles. The molecule has 0 radical (unpaired) electrons. The fourth-order valence-corrected chi connectivity index (χ4v) is 4.72. The summed E-state index contributed by atoms with van der Waals surface area (Å²) in [5.41, 5.74) is 1.24. The van der Waals surface area contributed by atoms with E-state index in [1.807, 2.05) is 31.2 Å². The van der Waals surface area contributed by atoms with Crippen LogP contribution in [0.15, 0.2) is 54.1 Å². The summed E-state index contributed by atoms with van der Waals surface area (Å²) in [4.78, 5) is 28.1. The van der Waals surface area contributed by atoms with Crippen LogP contribution in [-0.2, 0) is 9.59 Å². The first-order chi connectivity index (χ1) is 15.6. The molecule has 0 spiro atoms. The number of ketones is 1. The van der Waals surface area contributed by atoms with E-state index >= 15 is 0 Å². The topological polar surface area (TPSA) is 76.1 Å². The summed E-state index contributed by atoms with van der Waals surface area (Å²) in [5.74, 6) is -0.234. The van der Waals surface area contributed by atoms with Crippen molar-refractivity contribution in [3.05, 3.63) is 65.2 Å². The Bertz CT molecular complexity index is 1040. The number of carbonyl (C=O) groups is 2. The highest BCUT2D eigenvalue weighted by Crippen LogP contribution is 2.45. The molecule has 0 bridgehead atoms. The number of aliphatic hydroxyl groups is 1. The first kappa shape index (κ1) is 21.9. The normalized spacial score (nSPS) is 20.7. The fraction of sp³-hybridized carbons (Fsp3) is 0.385. The molecular formula is C26H29NO5. The van der Waals surface area contributed by atoms with Gasteiger partial charge in [-0.05, 0) is 37.5 Å². The van der Waals surface area contributed by atoms with Crippen molar-refractivity contribution in [1.82, 2.24) is 4.90 Å². The summed E-state index contributed by atoms with van der Waals surface area (Å²) < 4.78 is 11.3. The van der Waals surface area contributed by atoms with Crippen molar-refractivity contribution in [2.45, 2.75) is 51.1 Å². The largest absolute Gasteiger partial charge is 0.507 e. The monoisotopic (exact) mass is 435 g/mol. The lowest BCUT2D eigenvalue weighted by molar-refractivity contribution is -0.141. The van der Waals surface area contributed by atoms with Crippen LogP contribution in [0.3, 0.4) is 0 Å². The van der Waals surface area contributed by atoms with Crippen LogP contribution < -0.4 is 9.47 Å². The molecule has 2 aromatic carbocycles. The van der Waals surface area contributed by atoms with Gasteiger partial charge in [-0.3, -0.25) is 9.59 Å². The van der Waals surface area contributed by atoms with E-state index in [0.29, 0.717) is 29.2 Å². The number of hydrogen-bond acceptors (Lipinski definition) is 5. The van der Waals surface area contributed by atoms with Crippen LogP contribution in [0, 0.1) is 0 Å². The third-order valence-corrected chi connectivity index (χ3v) is 6.21. The molecule has 1 atom stereocenters. The summed E-state index contributed by atoms with van der Waals surface area (Å²) >= 11 is 0. The second-order valence-corrected chi connectivity index (χ2v) is 8.26. The molecule has 1 N–H and O–H groups in total. The molecule has 2 aliphatic rings. The van der Waals surface area contributed by atoms with Gasteiger partial charge in [-0.25, -0.2) is 0 Å².